The van der Waals surface area contributed by atoms with E-state index < -0.39 is 17.0 Å². The number of hydrogen-bond donors (Lipinski definition) is 0. The van der Waals surface area contributed by atoms with E-state index in [0.717, 1.165) is 12.1 Å². The molecule has 0 fully saturated rings. The van der Waals surface area contributed by atoms with E-state index in [0.29, 0.717) is 0 Å². The first-order chi connectivity index (χ1) is 6.13. The van der Waals surface area contributed by atoms with Gasteiger partial charge in [0.25, 0.3) is 0 Å². The van der Waals surface area contributed by atoms with Crippen molar-refractivity contribution in [3.8, 4) is 6.07 Å². The number of halogens is 3. The largest absolute Gasteiger partial charge is 0.207 e. The molecule has 4 heteroatoms. The maximum atomic E-state index is 12.9. The van der Waals surface area contributed by atoms with E-state index in [1.807, 2.05) is 0 Å². The Bertz CT molecular complexity index is 346. The molecule has 0 saturated carbocycles. The molecule has 0 radical (unpaired) electrons. The average molecular weight is 202 g/mol. The third-order valence-electron chi connectivity index (χ3n) is 1.55. The molecule has 1 rings (SSSR count). The molecule has 0 heterocycles. The number of nitriles is 1. The molecule has 0 aromatic heterocycles. The Morgan fingerprint density at radius 3 is 2.69 bits per heavy atom. The molecular weight excluding hydrogens is 196 g/mol. The molecule has 0 aliphatic carbocycles. The SMILES string of the molecule is N#CC(Cl)Cc1ccc(F)cc1F. The van der Waals surface area contributed by atoms with Crippen molar-refractivity contribution < 1.29 is 8.78 Å². The van der Waals surface area contributed by atoms with Crippen LogP contribution in [0, 0.1) is 23.0 Å². The van der Waals surface area contributed by atoms with Crippen molar-refractivity contribution in [2.75, 3.05) is 0 Å². The Morgan fingerprint density at radius 1 is 1.46 bits per heavy atom. The fourth-order valence-corrected chi connectivity index (χ4v) is 1.09. The zero-order valence-electron chi connectivity index (χ0n) is 6.60. The number of rotatable bonds is 2. The van der Waals surface area contributed by atoms with Crippen LogP contribution in [0.4, 0.5) is 8.78 Å². The van der Waals surface area contributed by atoms with Gasteiger partial charge in [0.15, 0.2) is 0 Å². The van der Waals surface area contributed by atoms with E-state index in [1.54, 1.807) is 6.07 Å². The molecule has 0 amide bonds. The lowest BCUT2D eigenvalue weighted by atomic mass is 10.1. The second kappa shape index (κ2) is 4.20. The molecule has 1 atom stereocenters. The summed E-state index contributed by atoms with van der Waals surface area (Å²) in [6, 6.07) is 4.96. The van der Waals surface area contributed by atoms with Gasteiger partial charge in [-0.15, -0.1) is 11.6 Å². The van der Waals surface area contributed by atoms with Crippen molar-refractivity contribution in [1.82, 2.24) is 0 Å². The van der Waals surface area contributed by atoms with Crippen molar-refractivity contribution in [3.05, 3.63) is 35.4 Å². The number of nitrogens with zero attached hydrogens (tertiary/aromatic N) is 1. The van der Waals surface area contributed by atoms with Gasteiger partial charge in [-0.1, -0.05) is 6.07 Å². The molecule has 1 aromatic carbocycles. The van der Waals surface area contributed by atoms with Crippen molar-refractivity contribution >= 4 is 11.6 Å². The minimum atomic E-state index is -0.778. The summed E-state index contributed by atoms with van der Waals surface area (Å²) in [6.07, 6.45) is 0.0875. The highest BCUT2D eigenvalue weighted by atomic mass is 35.5. The summed E-state index contributed by atoms with van der Waals surface area (Å²) in [5.41, 5.74) is 0.253. The molecule has 0 saturated heterocycles. The lowest BCUT2D eigenvalue weighted by Crippen LogP contribution is -2.02. The second-order valence-electron chi connectivity index (χ2n) is 2.54. The highest BCUT2D eigenvalue weighted by Gasteiger charge is 2.08. The van der Waals surface area contributed by atoms with E-state index in [2.05, 4.69) is 0 Å². The van der Waals surface area contributed by atoms with Gasteiger partial charge in [-0.2, -0.15) is 5.26 Å². The molecule has 0 spiro atoms. The summed E-state index contributed by atoms with van der Waals surface area (Å²) in [5, 5.41) is 7.59. The maximum Gasteiger partial charge on any atom is 0.129 e. The van der Waals surface area contributed by atoms with Gasteiger partial charge >= 0.3 is 0 Å². The van der Waals surface area contributed by atoms with Gasteiger partial charge in [0.2, 0.25) is 0 Å². The lowest BCUT2D eigenvalue weighted by molar-refractivity contribution is 0.572. The molecule has 1 aromatic rings. The van der Waals surface area contributed by atoms with Gasteiger partial charge in [-0.25, -0.2) is 8.78 Å². The van der Waals surface area contributed by atoms with Gasteiger partial charge in [-0.05, 0) is 11.6 Å². The average Bonchev–Trinajstić information content (AvgIpc) is 2.09. The summed E-state index contributed by atoms with van der Waals surface area (Å²) in [6.45, 7) is 0. The highest BCUT2D eigenvalue weighted by molar-refractivity contribution is 6.22. The summed E-state index contributed by atoms with van der Waals surface area (Å²) in [7, 11) is 0. The Balaban J connectivity index is 2.85. The zero-order chi connectivity index (χ0) is 9.84. The summed E-state index contributed by atoms with van der Waals surface area (Å²) in [5.74, 6) is -1.30. The minimum absolute atomic E-state index is 0.0875. The Hall–Kier alpha value is -1.14. The Labute approximate surface area is 79.6 Å². The molecule has 0 N–H and O–H groups in total. The van der Waals surface area contributed by atoms with Crippen LogP contribution in [0.2, 0.25) is 0 Å². The van der Waals surface area contributed by atoms with Gasteiger partial charge in [-0.3, -0.25) is 0 Å². The van der Waals surface area contributed by atoms with Crippen LogP contribution in [0.25, 0.3) is 0 Å². The number of alkyl halides is 1. The van der Waals surface area contributed by atoms with E-state index in [9.17, 15) is 8.78 Å². The fourth-order valence-electron chi connectivity index (χ4n) is 0.926. The predicted octanol–water partition coefficient (Wildman–Crippen LogP) is 2.64. The normalized spacial score (nSPS) is 12.2. The Kier molecular flexibility index (Phi) is 3.21. The lowest BCUT2D eigenvalue weighted by Gasteiger charge is -2.02. The van der Waals surface area contributed by atoms with E-state index in [1.165, 1.54) is 6.07 Å². The van der Waals surface area contributed by atoms with Crippen LogP contribution < -0.4 is 0 Å². The van der Waals surface area contributed by atoms with E-state index >= 15 is 0 Å². The third-order valence-corrected chi connectivity index (χ3v) is 1.81. The zero-order valence-corrected chi connectivity index (χ0v) is 7.35. The molecule has 0 aliphatic rings. The molecule has 1 unspecified atom stereocenters. The first kappa shape index (κ1) is 9.94. The summed E-state index contributed by atoms with van der Waals surface area (Å²) < 4.78 is 25.4. The van der Waals surface area contributed by atoms with Crippen molar-refractivity contribution in [1.29, 1.82) is 5.26 Å². The maximum absolute atomic E-state index is 12.9. The number of hydrogen-bond acceptors (Lipinski definition) is 1. The predicted molar refractivity (Wildman–Crippen MR) is 45.3 cm³/mol. The topological polar surface area (TPSA) is 23.8 Å². The fraction of sp³-hybridized carbons (Fsp3) is 0.222. The first-order valence-electron chi connectivity index (χ1n) is 3.61. The summed E-state index contributed by atoms with van der Waals surface area (Å²) in [4.78, 5) is 0. The summed E-state index contributed by atoms with van der Waals surface area (Å²) >= 11 is 5.49. The van der Waals surface area contributed by atoms with Crippen LogP contribution >= 0.6 is 11.6 Å². The van der Waals surface area contributed by atoms with Crippen molar-refractivity contribution in [3.63, 3.8) is 0 Å². The molecule has 0 bridgehead atoms. The molecule has 13 heavy (non-hydrogen) atoms. The van der Waals surface area contributed by atoms with Gasteiger partial charge in [0.1, 0.15) is 17.0 Å². The van der Waals surface area contributed by atoms with Crippen LogP contribution in [-0.4, -0.2) is 5.38 Å². The van der Waals surface area contributed by atoms with Crippen LogP contribution in [0.15, 0.2) is 18.2 Å². The van der Waals surface area contributed by atoms with Crippen molar-refractivity contribution in [2.45, 2.75) is 11.8 Å². The van der Waals surface area contributed by atoms with Crippen LogP contribution in [0.3, 0.4) is 0 Å². The second-order valence-corrected chi connectivity index (χ2v) is 3.06. The third kappa shape index (κ3) is 2.67. The van der Waals surface area contributed by atoms with Crippen LogP contribution in [-0.2, 0) is 6.42 Å². The molecule has 0 aliphatic heterocycles. The van der Waals surface area contributed by atoms with E-state index in [4.69, 9.17) is 16.9 Å². The van der Waals surface area contributed by atoms with Gasteiger partial charge in [0.05, 0.1) is 6.07 Å². The first-order valence-corrected chi connectivity index (χ1v) is 4.04. The molecule has 68 valence electrons. The van der Waals surface area contributed by atoms with Crippen LogP contribution in [0.5, 0.6) is 0 Å². The quantitative estimate of drug-likeness (QED) is 0.675. The number of benzene rings is 1. The van der Waals surface area contributed by atoms with Gasteiger partial charge in [0, 0.05) is 12.5 Å². The minimum Gasteiger partial charge on any atom is -0.207 e. The molecule has 1 nitrogen and oxygen atoms in total. The van der Waals surface area contributed by atoms with E-state index in [-0.39, 0.29) is 12.0 Å². The standard InChI is InChI=1S/C9H6ClF2N/c10-7(5-13)3-6-1-2-8(11)4-9(6)12/h1-2,4,7H,3H2. The molecular formula is C9H6ClF2N. The van der Waals surface area contributed by atoms with Crippen LogP contribution in [0.1, 0.15) is 5.56 Å². The highest BCUT2D eigenvalue weighted by Crippen LogP contribution is 2.13. The smallest absolute Gasteiger partial charge is 0.129 e. The monoisotopic (exact) mass is 201 g/mol. The van der Waals surface area contributed by atoms with Gasteiger partial charge < -0.3 is 0 Å². The Morgan fingerprint density at radius 2 is 2.15 bits per heavy atom. The van der Waals surface area contributed by atoms with Crippen molar-refractivity contribution in [2.24, 2.45) is 0 Å².